The molecule has 11 rings (SSSR count). The monoisotopic (exact) mass is 444 g/mol. The Morgan fingerprint density at radius 1 is 0.406 bits per heavy atom. The Kier molecular flexibility index (Phi) is 3.52. The molecule has 2 N–H and O–H groups in total. The van der Waals surface area contributed by atoms with Gasteiger partial charge in [-0.15, -0.1) is 0 Å². The molecule has 0 aromatic carbocycles. The van der Waals surface area contributed by atoms with Crippen molar-refractivity contribution in [3.8, 4) is 0 Å². The van der Waals surface area contributed by atoms with Gasteiger partial charge in [0.1, 0.15) is 36.6 Å². The summed E-state index contributed by atoms with van der Waals surface area (Å²) in [6, 6.07) is 0. The van der Waals surface area contributed by atoms with Gasteiger partial charge >= 0.3 is 0 Å². The van der Waals surface area contributed by atoms with Crippen LogP contribution < -0.4 is 0 Å². The summed E-state index contributed by atoms with van der Waals surface area (Å²) < 4.78 is 27.0. The fraction of sp³-hybridized carbons (Fsp3) is 1.00. The van der Waals surface area contributed by atoms with E-state index in [1.54, 1.807) is 0 Å². The van der Waals surface area contributed by atoms with Crippen LogP contribution in [0.4, 0.5) is 0 Å². The van der Waals surface area contributed by atoms with Crippen LogP contribution in [0.2, 0.25) is 0 Å². The summed E-state index contributed by atoms with van der Waals surface area (Å²) in [4.78, 5) is 0. The number of aliphatic hydroxyl groups is 2. The highest BCUT2D eigenvalue weighted by Gasteiger charge is 2.73. The summed E-state index contributed by atoms with van der Waals surface area (Å²) in [7, 11) is 0. The van der Waals surface area contributed by atoms with Gasteiger partial charge in [0.2, 0.25) is 0 Å². The first kappa shape index (κ1) is 19.0. The summed E-state index contributed by atoms with van der Waals surface area (Å²) >= 11 is 0. The lowest BCUT2D eigenvalue weighted by atomic mass is 9.53. The maximum absolute atomic E-state index is 11.5. The zero-order valence-electron chi connectivity index (χ0n) is 18.7. The van der Waals surface area contributed by atoms with Crippen molar-refractivity contribution < 1.29 is 29.2 Å². The molecule has 6 heteroatoms. The lowest BCUT2D eigenvalue weighted by molar-refractivity contribution is -0.316. The maximum atomic E-state index is 11.5. The molecule has 8 bridgehead atoms. The van der Waals surface area contributed by atoms with E-state index in [0.29, 0.717) is 23.7 Å². The molecule has 0 amide bonds. The topological polar surface area (TPSA) is 77.4 Å². The van der Waals surface area contributed by atoms with E-state index < -0.39 is 48.2 Å². The Morgan fingerprint density at radius 3 is 0.906 bits per heavy atom. The highest BCUT2D eigenvalue weighted by atomic mass is 16.8. The van der Waals surface area contributed by atoms with Gasteiger partial charge in [-0.25, -0.2) is 0 Å². The van der Waals surface area contributed by atoms with Gasteiger partial charge in [-0.05, 0) is 87.9 Å². The largest absolute Gasteiger partial charge is 0.387 e. The van der Waals surface area contributed by atoms with Crippen LogP contribution in [0, 0.1) is 47.3 Å². The zero-order valence-corrected chi connectivity index (χ0v) is 18.7. The molecule has 32 heavy (non-hydrogen) atoms. The van der Waals surface area contributed by atoms with Crippen molar-refractivity contribution in [2.45, 2.75) is 112 Å². The Labute approximate surface area is 189 Å². The van der Waals surface area contributed by atoms with Gasteiger partial charge in [0.15, 0.2) is 11.6 Å². The minimum atomic E-state index is -0.804. The van der Waals surface area contributed by atoms with E-state index in [4.69, 9.17) is 18.9 Å². The first-order valence-electron chi connectivity index (χ1n) is 13.6. The van der Waals surface area contributed by atoms with Crippen molar-refractivity contribution in [1.82, 2.24) is 0 Å². The molecule has 6 nitrogen and oxygen atoms in total. The van der Waals surface area contributed by atoms with Crippen molar-refractivity contribution in [2.75, 3.05) is 0 Å². The molecule has 0 radical (unpaired) electrons. The number of ether oxygens (including phenoxy) is 4. The second-order valence-electron chi connectivity index (χ2n) is 13.4. The molecule has 11 aliphatic rings. The molecule has 2 saturated heterocycles. The Balaban J connectivity index is 1.03. The number of aliphatic hydroxyl groups excluding tert-OH is 2. The van der Waals surface area contributed by atoms with Crippen LogP contribution in [0.25, 0.3) is 0 Å². The molecule has 176 valence electrons. The van der Waals surface area contributed by atoms with E-state index in [1.165, 1.54) is 64.2 Å². The predicted molar refractivity (Wildman–Crippen MR) is 111 cm³/mol. The molecule has 0 aromatic rings. The molecule has 2 aliphatic heterocycles. The molecule has 0 aromatic heterocycles. The van der Waals surface area contributed by atoms with E-state index >= 15 is 0 Å². The normalized spacial score (nSPS) is 69.9. The third kappa shape index (κ3) is 2.12. The standard InChI is InChI=1S/C26H36O6/c27-19-21-22(30-25(29-21)15-3-11-1-12(5-15)6-16(25)4-11)20(28)24-23(19)31-26(32-24)17-7-13-2-14(9-17)10-18(26)8-13/h11-24,27-28H,1-10H2/t11?,12?,13?,14?,15?,16?,17?,18?,19-,20-,21-,22-,23-,24+,25?,26?/m1/s1. The fourth-order valence-corrected chi connectivity index (χ4v) is 11.1. The highest BCUT2D eigenvalue weighted by molar-refractivity contribution is 5.16. The molecule has 11 fully saturated rings. The van der Waals surface area contributed by atoms with E-state index in [9.17, 15) is 10.2 Å². The minimum absolute atomic E-state index is 0.404. The first-order chi connectivity index (χ1) is 15.5. The summed E-state index contributed by atoms with van der Waals surface area (Å²) in [5.74, 6) is 3.66. The summed E-state index contributed by atoms with van der Waals surface area (Å²) in [6.45, 7) is 0. The number of rotatable bonds is 0. The molecule has 9 saturated carbocycles. The summed E-state index contributed by atoms with van der Waals surface area (Å²) in [5, 5.41) is 23.0. The Hall–Kier alpha value is -0.240. The maximum Gasteiger partial charge on any atom is 0.175 e. The van der Waals surface area contributed by atoms with Crippen LogP contribution in [-0.4, -0.2) is 58.4 Å². The second-order valence-corrected chi connectivity index (χ2v) is 13.4. The molecular formula is C26H36O6. The Morgan fingerprint density at radius 2 is 0.656 bits per heavy atom. The van der Waals surface area contributed by atoms with Crippen LogP contribution in [-0.2, 0) is 18.9 Å². The fourth-order valence-electron chi connectivity index (χ4n) is 11.1. The van der Waals surface area contributed by atoms with Crippen molar-refractivity contribution >= 4 is 0 Å². The molecule has 9 aliphatic carbocycles. The molecule has 0 unspecified atom stereocenters. The van der Waals surface area contributed by atoms with Crippen molar-refractivity contribution in [2.24, 2.45) is 47.3 Å². The van der Waals surface area contributed by atoms with Crippen LogP contribution in [0.5, 0.6) is 0 Å². The van der Waals surface area contributed by atoms with Crippen LogP contribution >= 0.6 is 0 Å². The number of hydrogen-bond donors (Lipinski definition) is 2. The van der Waals surface area contributed by atoms with Gasteiger partial charge in [-0.3, -0.25) is 0 Å². The highest BCUT2D eigenvalue weighted by Crippen LogP contribution is 2.66. The first-order valence-corrected chi connectivity index (χ1v) is 13.6. The summed E-state index contributed by atoms with van der Waals surface area (Å²) in [6.07, 6.45) is 8.47. The second kappa shape index (κ2) is 5.93. The third-order valence-corrected chi connectivity index (χ3v) is 11.8. The van der Waals surface area contributed by atoms with E-state index in [-0.39, 0.29) is 0 Å². The van der Waals surface area contributed by atoms with Crippen LogP contribution in [0.1, 0.15) is 64.2 Å². The lowest BCUT2D eigenvalue weighted by Gasteiger charge is -2.58. The van der Waals surface area contributed by atoms with E-state index in [1.807, 2.05) is 0 Å². The average Bonchev–Trinajstić information content (AvgIpc) is 3.36. The van der Waals surface area contributed by atoms with Gasteiger partial charge in [0, 0.05) is 23.7 Å². The molecule has 2 heterocycles. The van der Waals surface area contributed by atoms with Gasteiger partial charge in [-0.2, -0.15) is 0 Å². The average molecular weight is 445 g/mol. The number of fused-ring (bicyclic) bond motifs is 2. The molecule has 6 atom stereocenters. The van der Waals surface area contributed by atoms with Gasteiger partial charge in [-0.1, -0.05) is 0 Å². The SMILES string of the molecule is O[C@@H]1[C@H]2OC3(O[C@@H]2[C@@H](O)[C@@H]2OC4(O[C@H]12)C1CC2CC(C1)CC4C2)C1CC2CC(C1)CC3C2. The smallest absolute Gasteiger partial charge is 0.175 e. The van der Waals surface area contributed by atoms with Crippen molar-refractivity contribution in [1.29, 1.82) is 0 Å². The molecular weight excluding hydrogens is 408 g/mol. The summed E-state index contributed by atoms with van der Waals surface area (Å²) in [5.41, 5.74) is 0. The number of hydrogen-bond acceptors (Lipinski definition) is 6. The lowest BCUT2D eigenvalue weighted by Crippen LogP contribution is -2.61. The van der Waals surface area contributed by atoms with Crippen molar-refractivity contribution in [3.63, 3.8) is 0 Å². The van der Waals surface area contributed by atoms with Gasteiger partial charge in [0.25, 0.3) is 0 Å². The third-order valence-electron chi connectivity index (χ3n) is 11.8. The Bertz CT molecular complexity index is 690. The minimum Gasteiger partial charge on any atom is -0.387 e. The van der Waals surface area contributed by atoms with Crippen LogP contribution in [0.15, 0.2) is 0 Å². The van der Waals surface area contributed by atoms with E-state index in [2.05, 4.69) is 0 Å². The van der Waals surface area contributed by atoms with Crippen molar-refractivity contribution in [3.05, 3.63) is 0 Å². The molecule has 2 spiro atoms. The van der Waals surface area contributed by atoms with Gasteiger partial charge < -0.3 is 29.2 Å². The predicted octanol–water partition coefficient (Wildman–Crippen LogP) is 2.59. The van der Waals surface area contributed by atoms with Gasteiger partial charge in [0.05, 0.1) is 0 Å². The quantitative estimate of drug-likeness (QED) is 0.598. The zero-order chi connectivity index (χ0) is 21.0. The van der Waals surface area contributed by atoms with Crippen LogP contribution in [0.3, 0.4) is 0 Å². The van der Waals surface area contributed by atoms with E-state index in [0.717, 1.165) is 23.7 Å².